The number of hydrogen-bond acceptors (Lipinski definition) is 4. The average Bonchev–Trinajstić information content (AvgIpc) is 2.74. The van der Waals surface area contributed by atoms with Gasteiger partial charge in [0.25, 0.3) is 0 Å². The standard InChI is InChI=1S/C21H24N2O4S/c1-27-20-9-7-19(8-10-20)17-21(24)22-12-14-23(15-13-22)28(25,26)16-11-18-5-3-2-4-6-18/h2-11,16H,12-15,17H2,1H3/b16-11+. The fourth-order valence-electron chi connectivity index (χ4n) is 3.04. The fraction of sp³-hybridized carbons (Fsp3) is 0.286. The Morgan fingerprint density at radius 2 is 1.64 bits per heavy atom. The van der Waals surface area contributed by atoms with Gasteiger partial charge in [-0.25, -0.2) is 8.42 Å². The zero-order valence-electron chi connectivity index (χ0n) is 15.8. The molecule has 0 spiro atoms. The summed E-state index contributed by atoms with van der Waals surface area (Å²) >= 11 is 0. The van der Waals surface area contributed by atoms with Crippen LogP contribution in [0.5, 0.6) is 5.75 Å². The van der Waals surface area contributed by atoms with Gasteiger partial charge in [-0.3, -0.25) is 4.79 Å². The molecule has 2 aromatic rings. The second-order valence-corrected chi connectivity index (χ2v) is 8.38. The molecule has 0 saturated carbocycles. The van der Waals surface area contributed by atoms with Crippen LogP contribution < -0.4 is 4.74 Å². The summed E-state index contributed by atoms with van der Waals surface area (Å²) in [6, 6.07) is 16.7. The van der Waals surface area contributed by atoms with Crippen molar-refractivity contribution in [3.05, 3.63) is 71.1 Å². The van der Waals surface area contributed by atoms with E-state index in [1.54, 1.807) is 18.1 Å². The van der Waals surface area contributed by atoms with E-state index in [1.807, 2.05) is 54.6 Å². The summed E-state index contributed by atoms with van der Waals surface area (Å²) in [6.45, 7) is 1.40. The molecule has 0 aliphatic carbocycles. The minimum atomic E-state index is -3.50. The van der Waals surface area contributed by atoms with E-state index in [4.69, 9.17) is 4.74 Å². The van der Waals surface area contributed by atoms with E-state index in [0.29, 0.717) is 32.6 Å². The molecule has 2 aromatic carbocycles. The maximum atomic E-state index is 12.5. The van der Waals surface area contributed by atoms with Gasteiger partial charge in [0.2, 0.25) is 15.9 Å². The summed E-state index contributed by atoms with van der Waals surface area (Å²) in [5, 5.41) is 1.23. The second-order valence-electron chi connectivity index (χ2n) is 6.56. The molecule has 1 aliphatic rings. The number of nitrogens with zero attached hydrogens (tertiary/aromatic N) is 2. The monoisotopic (exact) mass is 400 g/mol. The third kappa shape index (κ3) is 5.21. The molecule has 3 rings (SSSR count). The number of rotatable bonds is 6. The van der Waals surface area contributed by atoms with Crippen LogP contribution in [0.3, 0.4) is 0 Å². The maximum absolute atomic E-state index is 12.5. The largest absolute Gasteiger partial charge is 0.497 e. The van der Waals surface area contributed by atoms with E-state index in [1.165, 1.54) is 9.71 Å². The van der Waals surface area contributed by atoms with Crippen molar-refractivity contribution in [2.45, 2.75) is 6.42 Å². The Morgan fingerprint density at radius 1 is 1.00 bits per heavy atom. The highest BCUT2D eigenvalue weighted by Gasteiger charge is 2.27. The lowest BCUT2D eigenvalue weighted by molar-refractivity contribution is -0.131. The molecule has 0 atom stereocenters. The number of sulfonamides is 1. The molecule has 6 nitrogen and oxygen atoms in total. The summed E-state index contributed by atoms with van der Waals surface area (Å²) < 4.78 is 31.6. The Morgan fingerprint density at radius 3 is 2.25 bits per heavy atom. The molecule has 0 N–H and O–H groups in total. The lowest BCUT2D eigenvalue weighted by Gasteiger charge is -2.33. The number of carbonyl (C=O) groups excluding carboxylic acids is 1. The SMILES string of the molecule is COc1ccc(CC(=O)N2CCN(S(=O)(=O)/C=C/c3ccccc3)CC2)cc1. The van der Waals surface area contributed by atoms with Crippen molar-refractivity contribution < 1.29 is 17.9 Å². The summed E-state index contributed by atoms with van der Waals surface area (Å²) in [6.07, 6.45) is 1.89. The molecule has 0 bridgehead atoms. The lowest BCUT2D eigenvalue weighted by Crippen LogP contribution is -2.50. The van der Waals surface area contributed by atoms with Gasteiger partial charge in [0.05, 0.1) is 13.5 Å². The summed E-state index contributed by atoms with van der Waals surface area (Å²) in [5.41, 5.74) is 1.74. The molecule has 1 saturated heterocycles. The van der Waals surface area contributed by atoms with E-state index in [-0.39, 0.29) is 5.91 Å². The van der Waals surface area contributed by atoms with Crippen LogP contribution in [0, 0.1) is 0 Å². The summed E-state index contributed by atoms with van der Waals surface area (Å²) in [7, 11) is -1.90. The Balaban J connectivity index is 1.54. The van der Waals surface area contributed by atoms with Crippen molar-refractivity contribution in [1.82, 2.24) is 9.21 Å². The van der Waals surface area contributed by atoms with Gasteiger partial charge in [-0.05, 0) is 29.3 Å². The number of carbonyl (C=O) groups is 1. The molecule has 1 heterocycles. The molecule has 0 radical (unpaired) electrons. The van der Waals surface area contributed by atoms with Gasteiger partial charge in [-0.2, -0.15) is 4.31 Å². The number of methoxy groups -OCH3 is 1. The Labute approximate surface area is 166 Å². The topological polar surface area (TPSA) is 66.9 Å². The summed E-state index contributed by atoms with van der Waals surface area (Å²) in [5.74, 6) is 0.751. The van der Waals surface area contributed by atoms with Crippen molar-refractivity contribution in [3.63, 3.8) is 0 Å². The molecule has 1 amide bonds. The van der Waals surface area contributed by atoms with Crippen molar-refractivity contribution >= 4 is 22.0 Å². The van der Waals surface area contributed by atoms with Gasteiger partial charge in [0.1, 0.15) is 5.75 Å². The Hall–Kier alpha value is -2.64. The van der Waals surface area contributed by atoms with Gasteiger partial charge in [-0.1, -0.05) is 42.5 Å². The third-order valence-electron chi connectivity index (χ3n) is 4.70. The molecule has 0 unspecified atom stereocenters. The minimum Gasteiger partial charge on any atom is -0.497 e. The Bertz CT molecular complexity index is 917. The van der Waals surface area contributed by atoms with Gasteiger partial charge < -0.3 is 9.64 Å². The first-order valence-corrected chi connectivity index (χ1v) is 10.6. The molecule has 7 heteroatoms. The van der Waals surface area contributed by atoms with Crippen LogP contribution in [0.1, 0.15) is 11.1 Å². The van der Waals surface area contributed by atoms with Crippen molar-refractivity contribution in [1.29, 1.82) is 0 Å². The van der Waals surface area contributed by atoms with Crippen molar-refractivity contribution in [2.24, 2.45) is 0 Å². The highest BCUT2D eigenvalue weighted by atomic mass is 32.2. The first kappa shape index (κ1) is 20.1. The molecule has 1 aliphatic heterocycles. The Kier molecular flexibility index (Phi) is 6.49. The maximum Gasteiger partial charge on any atom is 0.236 e. The number of hydrogen-bond donors (Lipinski definition) is 0. The first-order valence-electron chi connectivity index (χ1n) is 9.12. The van der Waals surface area contributed by atoms with Gasteiger partial charge in [-0.15, -0.1) is 0 Å². The first-order chi connectivity index (χ1) is 13.5. The number of amides is 1. The van der Waals surface area contributed by atoms with Crippen LogP contribution in [0.15, 0.2) is 60.0 Å². The van der Waals surface area contributed by atoms with Crippen LogP contribution >= 0.6 is 0 Å². The van der Waals surface area contributed by atoms with Crippen LogP contribution in [-0.4, -0.2) is 56.8 Å². The predicted octanol–water partition coefficient (Wildman–Crippen LogP) is 2.38. The van der Waals surface area contributed by atoms with Crippen LogP contribution in [0.4, 0.5) is 0 Å². The second kappa shape index (κ2) is 9.03. The molecular weight excluding hydrogens is 376 g/mol. The minimum absolute atomic E-state index is 0.00189. The number of piperazine rings is 1. The van der Waals surface area contributed by atoms with E-state index in [9.17, 15) is 13.2 Å². The van der Waals surface area contributed by atoms with E-state index < -0.39 is 10.0 Å². The normalized spacial score (nSPS) is 15.7. The molecule has 148 valence electrons. The average molecular weight is 401 g/mol. The number of ether oxygens (including phenoxy) is 1. The zero-order valence-corrected chi connectivity index (χ0v) is 16.6. The van der Waals surface area contributed by atoms with Crippen LogP contribution in [0.2, 0.25) is 0 Å². The quantitative estimate of drug-likeness (QED) is 0.747. The predicted molar refractivity (Wildman–Crippen MR) is 109 cm³/mol. The van der Waals surface area contributed by atoms with Crippen LogP contribution in [-0.2, 0) is 21.2 Å². The van der Waals surface area contributed by atoms with Gasteiger partial charge >= 0.3 is 0 Å². The molecular formula is C21H24N2O4S. The molecule has 1 fully saturated rings. The lowest BCUT2D eigenvalue weighted by atomic mass is 10.1. The van der Waals surface area contributed by atoms with Crippen molar-refractivity contribution in [2.75, 3.05) is 33.3 Å². The summed E-state index contributed by atoms with van der Waals surface area (Å²) in [4.78, 5) is 14.2. The van der Waals surface area contributed by atoms with Crippen molar-refractivity contribution in [3.8, 4) is 5.75 Å². The highest BCUT2D eigenvalue weighted by molar-refractivity contribution is 7.92. The zero-order chi connectivity index (χ0) is 20.0. The highest BCUT2D eigenvalue weighted by Crippen LogP contribution is 2.15. The van der Waals surface area contributed by atoms with E-state index in [2.05, 4.69) is 0 Å². The van der Waals surface area contributed by atoms with E-state index >= 15 is 0 Å². The van der Waals surface area contributed by atoms with Crippen LogP contribution in [0.25, 0.3) is 6.08 Å². The van der Waals surface area contributed by atoms with Gasteiger partial charge in [0, 0.05) is 31.6 Å². The van der Waals surface area contributed by atoms with Gasteiger partial charge in [0.15, 0.2) is 0 Å². The fourth-order valence-corrected chi connectivity index (χ4v) is 4.21. The molecule has 0 aromatic heterocycles. The number of benzene rings is 2. The third-order valence-corrected chi connectivity index (χ3v) is 6.26. The smallest absolute Gasteiger partial charge is 0.236 e. The molecule has 28 heavy (non-hydrogen) atoms. The van der Waals surface area contributed by atoms with E-state index in [0.717, 1.165) is 16.9 Å².